The summed E-state index contributed by atoms with van der Waals surface area (Å²) in [6, 6.07) is -0.973. The lowest BCUT2D eigenvalue weighted by atomic mass is 9.64. The Hall–Kier alpha value is -5.14. The summed E-state index contributed by atoms with van der Waals surface area (Å²) in [6.45, 7) is 3.11. The summed E-state index contributed by atoms with van der Waals surface area (Å²) in [4.78, 5) is 87.9. The molecular formula is C48H61ClF6N8O6. The van der Waals surface area contributed by atoms with Gasteiger partial charge in [-0.05, 0) is 92.9 Å². The molecule has 7 rings (SSSR count). The minimum atomic E-state index is -5.40. The first-order valence-electron chi connectivity index (χ1n) is 23.8. The molecule has 1 aromatic carbocycles. The highest BCUT2D eigenvalue weighted by Crippen LogP contribution is 2.61. The number of likely N-dealkylation sites (tertiary alicyclic amines) is 1. The van der Waals surface area contributed by atoms with Crippen LogP contribution in [0.1, 0.15) is 103 Å². The zero-order valence-electron chi connectivity index (χ0n) is 39.2. The molecule has 21 heteroatoms. The standard InChI is InChI=1S/C48H61ClF6N8O6/c1-27(2)18-35-43(67)61(4)37(20-29-19-31(49)13-16-34(29)30-22-57-63(23-30)33-14-15-33)40(64)56-17-9-7-5-6-8-10-36(41(65)58-35)60(3)44(68)39(28-11-12-28)59-42(66)38-21-32(50)24-62(38)45(69)46(48(53,54)55)25-47(51,52)26-46/h6,8,13,16,19,22-23,27-28,32-33,35-39H,5,7,9-12,14-15,17-18,20-21,24-26H2,1-4H3,(H,56,64)(H,58,65)(H,59,66)/b8-6+/t32-,35+,36+,37+,38+,39+/m1/s1. The van der Waals surface area contributed by atoms with E-state index >= 15 is 0 Å². The van der Waals surface area contributed by atoms with Crippen LogP contribution in [0.15, 0.2) is 42.7 Å². The number of alkyl halides is 6. The fraction of sp³-hybridized carbons (Fsp3) is 0.646. The van der Waals surface area contributed by atoms with Gasteiger partial charge >= 0.3 is 6.18 Å². The molecule has 5 aliphatic rings. The van der Waals surface area contributed by atoms with E-state index in [0.717, 1.165) is 28.9 Å². The normalized spacial score (nSPS) is 26.7. The molecule has 2 aromatic rings. The number of aromatic nitrogens is 2. The van der Waals surface area contributed by atoms with Gasteiger partial charge in [0.25, 0.3) is 5.92 Å². The summed E-state index contributed by atoms with van der Waals surface area (Å²) in [5.74, 6) is -9.80. The van der Waals surface area contributed by atoms with Gasteiger partial charge in [-0.3, -0.25) is 33.4 Å². The fourth-order valence-corrected chi connectivity index (χ4v) is 9.97. The summed E-state index contributed by atoms with van der Waals surface area (Å²) in [7, 11) is 2.84. The van der Waals surface area contributed by atoms with E-state index in [9.17, 15) is 55.1 Å². The van der Waals surface area contributed by atoms with Crippen molar-refractivity contribution < 1.29 is 55.1 Å². The number of benzene rings is 1. The Labute approximate surface area is 402 Å². The SMILES string of the molecule is CC(C)C[C@@H]1NC(=O)[C@@H](N(C)C(=O)[C@@H](NC(=O)[C@@H]2C[C@@H](F)CN2C(=O)C2(C(F)(F)F)CC(F)(F)C2)C2CC2)C/C=C/CCCCNC(=O)[C@H](Cc2cc(Cl)ccc2-c2cnn(C3CC3)c2)N(C)C1=O. The predicted octanol–water partition coefficient (Wildman–Crippen LogP) is 6.32. The van der Waals surface area contributed by atoms with Gasteiger partial charge in [-0.2, -0.15) is 18.3 Å². The molecule has 14 nitrogen and oxygen atoms in total. The van der Waals surface area contributed by atoms with Crippen LogP contribution in [-0.4, -0.2) is 136 Å². The number of halogens is 7. The molecule has 6 amide bonds. The molecule has 3 aliphatic carbocycles. The molecule has 4 fully saturated rings. The van der Waals surface area contributed by atoms with Gasteiger partial charge in [-0.1, -0.05) is 43.7 Å². The Bertz CT molecular complexity index is 2290. The summed E-state index contributed by atoms with van der Waals surface area (Å²) in [6.07, 6.45) is 0.456. The molecule has 6 atom stereocenters. The molecule has 0 radical (unpaired) electrons. The zero-order valence-corrected chi connectivity index (χ0v) is 39.9. The van der Waals surface area contributed by atoms with Crippen LogP contribution < -0.4 is 16.0 Å². The molecule has 1 aromatic heterocycles. The Morgan fingerprint density at radius 3 is 2.38 bits per heavy atom. The topological polar surface area (TPSA) is 166 Å². The molecule has 0 unspecified atom stereocenters. The first-order valence-corrected chi connectivity index (χ1v) is 24.2. The fourth-order valence-electron chi connectivity index (χ4n) is 9.77. The van der Waals surface area contributed by atoms with Crippen molar-refractivity contribution in [2.24, 2.45) is 17.3 Å². The summed E-state index contributed by atoms with van der Waals surface area (Å²) in [5, 5.41) is 13.3. The summed E-state index contributed by atoms with van der Waals surface area (Å²) in [5.41, 5.74) is -1.18. The van der Waals surface area contributed by atoms with E-state index in [1.807, 2.05) is 36.9 Å². The minimum absolute atomic E-state index is 0.0232. The zero-order chi connectivity index (χ0) is 50.2. The van der Waals surface area contributed by atoms with Crippen molar-refractivity contribution in [3.05, 3.63) is 53.3 Å². The van der Waals surface area contributed by atoms with E-state index in [0.29, 0.717) is 60.2 Å². The lowest BCUT2D eigenvalue weighted by Gasteiger charge is -2.48. The van der Waals surface area contributed by atoms with Crippen molar-refractivity contribution in [1.82, 2.24) is 40.4 Å². The molecular weight excluding hydrogens is 934 g/mol. The van der Waals surface area contributed by atoms with Crippen LogP contribution in [0.2, 0.25) is 5.02 Å². The van der Waals surface area contributed by atoms with Crippen molar-refractivity contribution in [2.75, 3.05) is 27.2 Å². The molecule has 69 heavy (non-hydrogen) atoms. The smallest absolute Gasteiger partial charge is 0.354 e. The maximum absolute atomic E-state index is 14.9. The van der Waals surface area contributed by atoms with E-state index in [2.05, 4.69) is 21.0 Å². The quantitative estimate of drug-likeness (QED) is 0.165. The maximum Gasteiger partial charge on any atom is 0.403 e. The van der Waals surface area contributed by atoms with E-state index in [1.165, 1.54) is 19.0 Å². The number of amides is 6. The van der Waals surface area contributed by atoms with E-state index in [4.69, 9.17) is 11.6 Å². The third-order valence-electron chi connectivity index (χ3n) is 14.0. The molecule has 0 spiro atoms. The number of hydrogen-bond acceptors (Lipinski definition) is 7. The Kier molecular flexibility index (Phi) is 15.5. The lowest BCUT2D eigenvalue weighted by Crippen LogP contribution is -2.65. The van der Waals surface area contributed by atoms with Crippen LogP contribution in [0.5, 0.6) is 0 Å². The van der Waals surface area contributed by atoms with Crippen LogP contribution in [0.3, 0.4) is 0 Å². The number of hydrogen-bond donors (Lipinski definition) is 3. The van der Waals surface area contributed by atoms with Crippen molar-refractivity contribution in [1.29, 1.82) is 0 Å². The number of rotatable bonds is 12. The van der Waals surface area contributed by atoms with Crippen molar-refractivity contribution >= 4 is 47.0 Å². The second-order valence-corrected chi connectivity index (χ2v) is 20.4. The van der Waals surface area contributed by atoms with Gasteiger partial charge in [0, 0.05) is 63.1 Å². The average molecular weight is 996 g/mol. The number of nitrogens with one attached hydrogen (secondary N) is 3. The van der Waals surface area contributed by atoms with Gasteiger partial charge < -0.3 is 30.7 Å². The van der Waals surface area contributed by atoms with Crippen LogP contribution in [0.4, 0.5) is 26.3 Å². The number of carbonyl (C=O) groups is 6. The number of carbonyl (C=O) groups excluding carboxylic acids is 6. The molecule has 378 valence electrons. The highest BCUT2D eigenvalue weighted by Gasteiger charge is 2.75. The number of nitrogens with zero attached hydrogens (tertiary/aromatic N) is 5. The van der Waals surface area contributed by atoms with Crippen molar-refractivity contribution in [3.8, 4) is 11.1 Å². The third kappa shape index (κ3) is 11.7. The van der Waals surface area contributed by atoms with Crippen LogP contribution in [0, 0.1) is 17.3 Å². The van der Waals surface area contributed by atoms with Gasteiger partial charge in [0.05, 0.1) is 18.8 Å². The summed E-state index contributed by atoms with van der Waals surface area (Å²) < 4.78 is 87.3. The predicted molar refractivity (Wildman–Crippen MR) is 242 cm³/mol. The molecule has 3 N–H and O–H groups in total. The van der Waals surface area contributed by atoms with Crippen LogP contribution in [-0.2, 0) is 35.2 Å². The lowest BCUT2D eigenvalue weighted by molar-refractivity contribution is -0.299. The Morgan fingerprint density at radius 2 is 1.74 bits per heavy atom. The van der Waals surface area contributed by atoms with Gasteiger partial charge in [0.15, 0.2) is 5.41 Å². The van der Waals surface area contributed by atoms with E-state index < -0.39 is 121 Å². The maximum atomic E-state index is 14.9. The molecule has 3 heterocycles. The summed E-state index contributed by atoms with van der Waals surface area (Å²) >= 11 is 6.53. The third-order valence-corrected chi connectivity index (χ3v) is 14.3. The number of likely N-dealkylation sites (N-methyl/N-ethyl adjacent to an activating group) is 2. The van der Waals surface area contributed by atoms with Gasteiger partial charge in [-0.15, -0.1) is 0 Å². The second kappa shape index (κ2) is 20.7. The van der Waals surface area contributed by atoms with Crippen molar-refractivity contribution in [3.63, 3.8) is 0 Å². The number of allylic oxidation sites excluding steroid dienone is 1. The molecule has 2 aliphatic heterocycles. The monoisotopic (exact) mass is 994 g/mol. The first kappa shape index (κ1) is 51.7. The molecule has 0 bridgehead atoms. The van der Waals surface area contributed by atoms with Gasteiger partial charge in [-0.25, -0.2) is 13.2 Å². The minimum Gasteiger partial charge on any atom is -0.354 e. The Balaban J connectivity index is 1.12. The molecule has 1 saturated heterocycles. The van der Waals surface area contributed by atoms with E-state index in [1.54, 1.807) is 24.4 Å². The van der Waals surface area contributed by atoms with E-state index in [-0.39, 0.29) is 25.2 Å². The van der Waals surface area contributed by atoms with Crippen molar-refractivity contribution in [2.45, 2.75) is 152 Å². The highest BCUT2D eigenvalue weighted by atomic mass is 35.5. The Morgan fingerprint density at radius 1 is 1.03 bits per heavy atom. The highest BCUT2D eigenvalue weighted by molar-refractivity contribution is 6.30. The second-order valence-electron chi connectivity index (χ2n) is 20.0. The van der Waals surface area contributed by atoms with Crippen LogP contribution in [0.25, 0.3) is 11.1 Å². The van der Waals surface area contributed by atoms with Gasteiger partial charge in [0.2, 0.25) is 35.4 Å². The van der Waals surface area contributed by atoms with Gasteiger partial charge in [0.1, 0.15) is 36.4 Å². The largest absolute Gasteiger partial charge is 0.403 e. The van der Waals surface area contributed by atoms with Crippen LogP contribution >= 0.6 is 11.6 Å². The average Bonchev–Trinajstić information content (AvgIpc) is 4.21. The molecule has 3 saturated carbocycles. The first-order chi connectivity index (χ1) is 32.5.